The quantitative estimate of drug-likeness (QED) is 0.770. The van der Waals surface area contributed by atoms with Gasteiger partial charge in [-0.2, -0.15) is 5.26 Å². The van der Waals surface area contributed by atoms with Gasteiger partial charge in [0.25, 0.3) is 0 Å². The molecule has 1 saturated carbocycles. The lowest BCUT2D eigenvalue weighted by Gasteiger charge is -2.30. The molecule has 0 aliphatic heterocycles. The first-order valence-electron chi connectivity index (χ1n) is 6.59. The number of aliphatic hydroxyl groups excluding tert-OH is 1. The third kappa shape index (κ3) is 3.97. The van der Waals surface area contributed by atoms with Crippen LogP contribution in [0.3, 0.4) is 0 Å². The Morgan fingerprint density at radius 1 is 1.35 bits per heavy atom. The molecule has 0 heterocycles. The van der Waals surface area contributed by atoms with Crippen LogP contribution in [0.25, 0.3) is 0 Å². The van der Waals surface area contributed by atoms with Crippen LogP contribution in [0.4, 0.5) is 0 Å². The SMILES string of the molecule is CC(C)(C)C1CCCC(C#N)(OCCO)CC1. The van der Waals surface area contributed by atoms with E-state index in [0.29, 0.717) is 11.3 Å². The highest BCUT2D eigenvalue weighted by Crippen LogP contribution is 2.40. The fraction of sp³-hybridized carbons (Fsp3) is 0.929. The summed E-state index contributed by atoms with van der Waals surface area (Å²) in [7, 11) is 0. The molecule has 0 aromatic rings. The van der Waals surface area contributed by atoms with Crippen molar-refractivity contribution in [1.29, 1.82) is 5.26 Å². The predicted octanol–water partition coefficient (Wildman–Crippen LogP) is 2.88. The molecule has 1 aliphatic carbocycles. The maximum Gasteiger partial charge on any atom is 0.154 e. The van der Waals surface area contributed by atoms with E-state index in [-0.39, 0.29) is 13.2 Å². The largest absolute Gasteiger partial charge is 0.394 e. The van der Waals surface area contributed by atoms with Gasteiger partial charge >= 0.3 is 0 Å². The van der Waals surface area contributed by atoms with Gasteiger partial charge in [-0.15, -0.1) is 0 Å². The lowest BCUT2D eigenvalue weighted by atomic mass is 9.76. The van der Waals surface area contributed by atoms with E-state index in [1.54, 1.807) is 0 Å². The maximum atomic E-state index is 9.33. The summed E-state index contributed by atoms with van der Waals surface area (Å²) >= 11 is 0. The summed E-state index contributed by atoms with van der Waals surface area (Å²) in [6.07, 6.45) is 4.86. The zero-order valence-corrected chi connectivity index (χ0v) is 11.3. The van der Waals surface area contributed by atoms with E-state index in [0.717, 1.165) is 25.7 Å². The number of hydrogen-bond donors (Lipinski definition) is 1. The molecule has 98 valence electrons. The van der Waals surface area contributed by atoms with E-state index in [1.807, 2.05) is 0 Å². The smallest absolute Gasteiger partial charge is 0.154 e. The average molecular weight is 239 g/mol. The number of nitriles is 1. The molecule has 1 N–H and O–H groups in total. The highest BCUT2D eigenvalue weighted by Gasteiger charge is 2.37. The Kier molecular flexibility index (Phi) is 4.97. The fourth-order valence-corrected chi connectivity index (χ4v) is 2.71. The summed E-state index contributed by atoms with van der Waals surface area (Å²) in [6, 6.07) is 2.33. The molecule has 3 nitrogen and oxygen atoms in total. The minimum absolute atomic E-state index is 0.00781. The van der Waals surface area contributed by atoms with Gasteiger partial charge in [-0.25, -0.2) is 0 Å². The van der Waals surface area contributed by atoms with Crippen LogP contribution in [0, 0.1) is 22.7 Å². The van der Waals surface area contributed by atoms with Crippen LogP contribution >= 0.6 is 0 Å². The van der Waals surface area contributed by atoms with E-state index in [9.17, 15) is 5.26 Å². The number of nitrogens with zero attached hydrogens (tertiary/aromatic N) is 1. The first-order chi connectivity index (χ1) is 7.93. The molecule has 2 unspecified atom stereocenters. The van der Waals surface area contributed by atoms with E-state index >= 15 is 0 Å². The minimum Gasteiger partial charge on any atom is -0.394 e. The molecule has 0 amide bonds. The van der Waals surface area contributed by atoms with Crippen LogP contribution in [-0.2, 0) is 4.74 Å². The van der Waals surface area contributed by atoms with Crippen LogP contribution < -0.4 is 0 Å². The lowest BCUT2D eigenvalue weighted by molar-refractivity contribution is -0.0298. The molecule has 1 fully saturated rings. The van der Waals surface area contributed by atoms with Crippen molar-refractivity contribution in [1.82, 2.24) is 0 Å². The van der Waals surface area contributed by atoms with Crippen LogP contribution in [0.1, 0.15) is 52.9 Å². The van der Waals surface area contributed by atoms with Gasteiger partial charge in [0.15, 0.2) is 5.60 Å². The molecule has 0 spiro atoms. The van der Waals surface area contributed by atoms with Crippen molar-refractivity contribution in [2.24, 2.45) is 11.3 Å². The summed E-state index contributed by atoms with van der Waals surface area (Å²) < 4.78 is 5.60. The van der Waals surface area contributed by atoms with E-state index < -0.39 is 5.60 Å². The molecule has 2 atom stereocenters. The summed E-state index contributed by atoms with van der Waals surface area (Å²) in [4.78, 5) is 0. The summed E-state index contributed by atoms with van der Waals surface area (Å²) in [5.74, 6) is 0.662. The first kappa shape index (κ1) is 14.5. The van der Waals surface area contributed by atoms with Gasteiger partial charge in [0.1, 0.15) is 0 Å². The molecule has 0 radical (unpaired) electrons. The number of ether oxygens (including phenoxy) is 1. The predicted molar refractivity (Wildman–Crippen MR) is 67.4 cm³/mol. The molecular weight excluding hydrogens is 214 g/mol. The molecular formula is C14H25NO2. The Morgan fingerprint density at radius 3 is 2.59 bits per heavy atom. The van der Waals surface area contributed by atoms with Gasteiger partial charge in [-0.1, -0.05) is 20.8 Å². The van der Waals surface area contributed by atoms with Crippen LogP contribution in [0.15, 0.2) is 0 Å². The van der Waals surface area contributed by atoms with Gasteiger partial charge in [0.2, 0.25) is 0 Å². The normalized spacial score (nSPS) is 30.6. The number of aliphatic hydroxyl groups is 1. The zero-order chi connectivity index (χ0) is 12.9. The van der Waals surface area contributed by atoms with Gasteiger partial charge < -0.3 is 9.84 Å². The number of rotatable bonds is 3. The molecule has 0 bridgehead atoms. The van der Waals surface area contributed by atoms with Crippen molar-refractivity contribution >= 4 is 0 Å². The summed E-state index contributed by atoms with van der Waals surface area (Å²) in [5.41, 5.74) is -0.342. The first-order valence-corrected chi connectivity index (χ1v) is 6.59. The second-order valence-corrected chi connectivity index (χ2v) is 6.17. The lowest BCUT2D eigenvalue weighted by Crippen LogP contribution is -2.31. The van der Waals surface area contributed by atoms with Crippen molar-refractivity contribution in [3.63, 3.8) is 0 Å². The third-order valence-corrected chi connectivity index (χ3v) is 3.93. The monoisotopic (exact) mass is 239 g/mol. The summed E-state index contributed by atoms with van der Waals surface area (Å²) in [6.45, 7) is 7.07. The molecule has 1 rings (SSSR count). The van der Waals surface area contributed by atoms with Gasteiger partial charge in [0.05, 0.1) is 19.3 Å². The van der Waals surface area contributed by atoms with E-state index in [4.69, 9.17) is 9.84 Å². The second kappa shape index (κ2) is 5.84. The molecule has 0 aromatic heterocycles. The topological polar surface area (TPSA) is 53.2 Å². The Hall–Kier alpha value is -0.590. The Morgan fingerprint density at radius 2 is 2.06 bits per heavy atom. The Labute approximate surface area is 105 Å². The molecule has 0 aromatic carbocycles. The van der Waals surface area contributed by atoms with E-state index in [2.05, 4.69) is 26.8 Å². The van der Waals surface area contributed by atoms with Gasteiger partial charge in [-0.05, 0) is 43.4 Å². The number of hydrogen-bond acceptors (Lipinski definition) is 3. The van der Waals surface area contributed by atoms with Crippen molar-refractivity contribution in [2.75, 3.05) is 13.2 Å². The van der Waals surface area contributed by atoms with Crippen LogP contribution in [0.5, 0.6) is 0 Å². The average Bonchev–Trinajstić information content (AvgIpc) is 2.49. The van der Waals surface area contributed by atoms with Crippen molar-refractivity contribution in [3.05, 3.63) is 0 Å². The van der Waals surface area contributed by atoms with Gasteiger partial charge in [0, 0.05) is 0 Å². The molecule has 1 aliphatic rings. The van der Waals surface area contributed by atoms with Crippen molar-refractivity contribution in [3.8, 4) is 6.07 Å². The Balaban J connectivity index is 2.65. The molecule has 3 heteroatoms. The van der Waals surface area contributed by atoms with Crippen LogP contribution in [0.2, 0.25) is 0 Å². The Bertz CT molecular complexity index is 277. The fourth-order valence-electron chi connectivity index (χ4n) is 2.71. The van der Waals surface area contributed by atoms with Crippen LogP contribution in [-0.4, -0.2) is 23.9 Å². The van der Waals surface area contributed by atoms with Gasteiger partial charge in [-0.3, -0.25) is 0 Å². The minimum atomic E-state index is -0.650. The second-order valence-electron chi connectivity index (χ2n) is 6.17. The molecule has 0 saturated heterocycles. The van der Waals surface area contributed by atoms with E-state index in [1.165, 1.54) is 6.42 Å². The van der Waals surface area contributed by atoms with Crippen molar-refractivity contribution < 1.29 is 9.84 Å². The maximum absolute atomic E-state index is 9.33. The van der Waals surface area contributed by atoms with Crippen molar-refractivity contribution in [2.45, 2.75) is 58.5 Å². The molecule has 17 heavy (non-hydrogen) atoms. The highest BCUT2D eigenvalue weighted by molar-refractivity contribution is 5.03. The zero-order valence-electron chi connectivity index (χ0n) is 11.3. The third-order valence-electron chi connectivity index (χ3n) is 3.93. The standard InChI is InChI=1S/C14H25NO2/c1-13(2,3)12-5-4-7-14(11-15,8-6-12)17-10-9-16/h12,16H,4-10H2,1-3H3. The summed E-state index contributed by atoms with van der Waals surface area (Å²) in [5, 5.41) is 18.1. The highest BCUT2D eigenvalue weighted by atomic mass is 16.5.